The number of nitrogens with zero attached hydrogens (tertiary/aromatic N) is 3. The number of aromatic nitrogens is 2. The molecule has 0 saturated carbocycles. The molecule has 1 aliphatic rings. The standard InChI is InChI=1S/C25H26F3N5O4/c1-24(2,3)37-23(35)31-17-11-12-33(14-17)18-10-9-16(13-29-18)30-21(34)19-20(25(26,27)28)36-22(32-19)15-7-5-4-6-8-15/h4-10,13,17H,11-12,14H2,1-3H3,(H,30,34)(H,31,35)/t17-/m0/s1. The predicted octanol–water partition coefficient (Wildman–Crippen LogP) is 5.11. The van der Waals surface area contributed by atoms with Crippen molar-refractivity contribution < 1.29 is 31.9 Å². The van der Waals surface area contributed by atoms with Crippen LogP contribution in [0.4, 0.5) is 29.5 Å². The smallest absolute Gasteiger partial charge is 0.444 e. The van der Waals surface area contributed by atoms with Gasteiger partial charge in [0.1, 0.15) is 11.4 Å². The Morgan fingerprint density at radius 3 is 2.46 bits per heavy atom. The molecule has 1 fully saturated rings. The average molecular weight is 518 g/mol. The van der Waals surface area contributed by atoms with E-state index in [1.54, 1.807) is 45.0 Å². The lowest BCUT2D eigenvalue weighted by molar-refractivity contribution is -0.153. The van der Waals surface area contributed by atoms with Gasteiger partial charge in [0.15, 0.2) is 5.69 Å². The highest BCUT2D eigenvalue weighted by atomic mass is 19.4. The number of rotatable bonds is 5. The molecule has 0 radical (unpaired) electrons. The molecular formula is C25H26F3N5O4. The van der Waals surface area contributed by atoms with Crippen LogP contribution in [0.3, 0.4) is 0 Å². The zero-order chi connectivity index (χ0) is 26.8. The Labute approximate surface area is 211 Å². The van der Waals surface area contributed by atoms with E-state index in [1.165, 1.54) is 24.4 Å². The van der Waals surface area contributed by atoms with Gasteiger partial charge >= 0.3 is 12.3 Å². The topological polar surface area (TPSA) is 110 Å². The number of anilines is 2. The van der Waals surface area contributed by atoms with E-state index in [0.29, 0.717) is 30.9 Å². The van der Waals surface area contributed by atoms with Crippen LogP contribution in [0.2, 0.25) is 0 Å². The molecule has 1 aromatic carbocycles. The van der Waals surface area contributed by atoms with Crippen LogP contribution in [-0.4, -0.2) is 46.7 Å². The molecule has 0 unspecified atom stereocenters. The van der Waals surface area contributed by atoms with Crippen molar-refractivity contribution in [3.8, 4) is 11.5 Å². The first-order valence-corrected chi connectivity index (χ1v) is 11.5. The number of carbonyl (C=O) groups excluding carboxylic acids is 2. The van der Waals surface area contributed by atoms with Crippen LogP contribution >= 0.6 is 0 Å². The number of benzene rings is 1. The normalized spacial score (nSPS) is 15.9. The first-order valence-electron chi connectivity index (χ1n) is 11.5. The van der Waals surface area contributed by atoms with Crippen molar-refractivity contribution in [2.75, 3.05) is 23.3 Å². The molecule has 2 amide bonds. The lowest BCUT2D eigenvalue weighted by Crippen LogP contribution is -2.40. The molecule has 2 N–H and O–H groups in total. The first-order chi connectivity index (χ1) is 17.4. The van der Waals surface area contributed by atoms with E-state index in [-0.39, 0.29) is 17.6 Å². The maximum atomic E-state index is 13.5. The quantitative estimate of drug-likeness (QED) is 0.484. The number of hydrogen-bond donors (Lipinski definition) is 2. The minimum Gasteiger partial charge on any atom is -0.444 e. The molecule has 1 atom stereocenters. The van der Waals surface area contributed by atoms with Crippen LogP contribution in [0.25, 0.3) is 11.5 Å². The van der Waals surface area contributed by atoms with Crippen molar-refractivity contribution in [2.24, 2.45) is 0 Å². The van der Waals surface area contributed by atoms with Gasteiger partial charge in [0.05, 0.1) is 17.9 Å². The number of alkyl halides is 3. The van der Waals surface area contributed by atoms with Crippen molar-refractivity contribution >= 4 is 23.5 Å². The highest BCUT2D eigenvalue weighted by Crippen LogP contribution is 2.35. The molecule has 9 nitrogen and oxygen atoms in total. The van der Waals surface area contributed by atoms with Gasteiger partial charge in [-0.1, -0.05) is 18.2 Å². The number of alkyl carbamates (subject to hydrolysis) is 1. The van der Waals surface area contributed by atoms with Gasteiger partial charge in [-0.05, 0) is 51.5 Å². The predicted molar refractivity (Wildman–Crippen MR) is 129 cm³/mol. The Kier molecular flexibility index (Phi) is 7.10. The SMILES string of the molecule is CC(C)(C)OC(=O)N[C@H]1CCN(c2ccc(NC(=O)c3nc(-c4ccccc4)oc3C(F)(F)F)cn2)C1. The second-order valence-corrected chi connectivity index (χ2v) is 9.50. The van der Waals surface area contributed by atoms with Gasteiger partial charge in [-0.3, -0.25) is 4.79 Å². The number of hydrogen-bond acceptors (Lipinski definition) is 7. The minimum absolute atomic E-state index is 0.122. The largest absolute Gasteiger partial charge is 0.452 e. The molecule has 0 bridgehead atoms. The fourth-order valence-corrected chi connectivity index (χ4v) is 3.77. The summed E-state index contributed by atoms with van der Waals surface area (Å²) in [7, 11) is 0. The van der Waals surface area contributed by atoms with Gasteiger partial charge in [-0.2, -0.15) is 13.2 Å². The van der Waals surface area contributed by atoms with Crippen molar-refractivity contribution in [1.82, 2.24) is 15.3 Å². The molecule has 0 spiro atoms. The van der Waals surface area contributed by atoms with Crippen LogP contribution in [0.5, 0.6) is 0 Å². The zero-order valence-corrected chi connectivity index (χ0v) is 20.4. The molecule has 0 aliphatic carbocycles. The maximum Gasteiger partial charge on any atom is 0.452 e. The second kappa shape index (κ2) is 10.1. The van der Waals surface area contributed by atoms with Gasteiger partial charge in [-0.25, -0.2) is 14.8 Å². The number of amides is 2. The Balaban J connectivity index is 1.41. The summed E-state index contributed by atoms with van der Waals surface area (Å²) in [4.78, 5) is 34.7. The molecule has 2 aromatic heterocycles. The van der Waals surface area contributed by atoms with Crippen LogP contribution in [0, 0.1) is 0 Å². The summed E-state index contributed by atoms with van der Waals surface area (Å²) in [6, 6.07) is 11.0. The molecule has 37 heavy (non-hydrogen) atoms. The lowest BCUT2D eigenvalue weighted by atomic mass is 10.2. The number of halogens is 3. The third-order valence-electron chi connectivity index (χ3n) is 5.36. The molecule has 1 aliphatic heterocycles. The summed E-state index contributed by atoms with van der Waals surface area (Å²) in [5.41, 5.74) is -0.969. The summed E-state index contributed by atoms with van der Waals surface area (Å²) < 4.78 is 50.8. The second-order valence-electron chi connectivity index (χ2n) is 9.50. The Morgan fingerprint density at radius 2 is 1.84 bits per heavy atom. The monoisotopic (exact) mass is 517 g/mol. The fraction of sp³-hybridized carbons (Fsp3) is 0.360. The molecule has 3 heterocycles. The van der Waals surface area contributed by atoms with E-state index in [1.807, 2.05) is 4.90 Å². The van der Waals surface area contributed by atoms with Gasteiger partial charge in [-0.15, -0.1) is 0 Å². The Bertz CT molecular complexity index is 1250. The number of carbonyl (C=O) groups is 2. The van der Waals surface area contributed by atoms with E-state index in [4.69, 9.17) is 9.15 Å². The number of pyridine rings is 1. The zero-order valence-electron chi connectivity index (χ0n) is 20.4. The van der Waals surface area contributed by atoms with Crippen molar-refractivity contribution in [3.05, 3.63) is 60.1 Å². The Hall–Kier alpha value is -4.09. The third-order valence-corrected chi connectivity index (χ3v) is 5.36. The highest BCUT2D eigenvalue weighted by Gasteiger charge is 2.42. The molecular weight excluding hydrogens is 491 g/mol. The molecule has 1 saturated heterocycles. The van der Waals surface area contributed by atoms with E-state index >= 15 is 0 Å². The lowest BCUT2D eigenvalue weighted by Gasteiger charge is -2.22. The molecule has 196 valence electrons. The van der Waals surface area contributed by atoms with Gasteiger partial charge in [0.25, 0.3) is 5.91 Å². The van der Waals surface area contributed by atoms with E-state index < -0.39 is 35.2 Å². The maximum absolute atomic E-state index is 13.5. The first kappa shape index (κ1) is 26.0. The van der Waals surface area contributed by atoms with Crippen LogP contribution in [-0.2, 0) is 10.9 Å². The van der Waals surface area contributed by atoms with Gasteiger partial charge < -0.3 is 24.7 Å². The van der Waals surface area contributed by atoms with Crippen molar-refractivity contribution in [2.45, 2.75) is 45.0 Å². The number of ether oxygens (including phenoxy) is 1. The van der Waals surface area contributed by atoms with Gasteiger partial charge in [0.2, 0.25) is 11.7 Å². The van der Waals surface area contributed by atoms with E-state index in [2.05, 4.69) is 20.6 Å². The molecule has 4 rings (SSSR count). The molecule has 3 aromatic rings. The molecule has 12 heteroatoms. The number of oxazole rings is 1. The highest BCUT2D eigenvalue weighted by molar-refractivity contribution is 6.04. The Morgan fingerprint density at radius 1 is 1.11 bits per heavy atom. The van der Waals surface area contributed by atoms with Crippen LogP contribution in [0.1, 0.15) is 43.4 Å². The summed E-state index contributed by atoms with van der Waals surface area (Å²) in [5.74, 6) is -2.27. The van der Waals surface area contributed by atoms with Crippen LogP contribution < -0.4 is 15.5 Å². The van der Waals surface area contributed by atoms with E-state index in [9.17, 15) is 22.8 Å². The fourth-order valence-electron chi connectivity index (χ4n) is 3.77. The average Bonchev–Trinajstić information content (AvgIpc) is 3.46. The van der Waals surface area contributed by atoms with Crippen molar-refractivity contribution in [3.63, 3.8) is 0 Å². The van der Waals surface area contributed by atoms with Gasteiger partial charge in [0, 0.05) is 18.7 Å². The third kappa shape index (κ3) is 6.57. The minimum atomic E-state index is -4.91. The summed E-state index contributed by atoms with van der Waals surface area (Å²) in [6.45, 7) is 6.50. The van der Waals surface area contributed by atoms with E-state index in [0.717, 1.165) is 0 Å². The summed E-state index contributed by atoms with van der Waals surface area (Å²) in [5, 5.41) is 5.22. The number of nitrogens with one attached hydrogen (secondary N) is 2. The summed E-state index contributed by atoms with van der Waals surface area (Å²) in [6.07, 6.45) is -3.37. The van der Waals surface area contributed by atoms with Crippen LogP contribution in [0.15, 0.2) is 53.1 Å². The summed E-state index contributed by atoms with van der Waals surface area (Å²) >= 11 is 0. The van der Waals surface area contributed by atoms with Crippen molar-refractivity contribution in [1.29, 1.82) is 0 Å².